The summed E-state index contributed by atoms with van der Waals surface area (Å²) in [7, 11) is 3.35. The molecule has 4 rings (SSSR count). The fraction of sp³-hybridized carbons (Fsp3) is 0.450. The van der Waals surface area contributed by atoms with Gasteiger partial charge in [0.1, 0.15) is 0 Å². The second-order valence-corrected chi connectivity index (χ2v) is 7.85. The standard InChI is InChI=1S/C20H24ClN5O3/c1-12-13(2)26-16-17(22-19(26)24(12)9-10-29-4)23(3)20(28)25(18(16)27)11-14-5-7-15(21)8-6-14/h5-8,16-17H,9-11H2,1-4H3. The van der Waals surface area contributed by atoms with E-state index in [1.807, 2.05) is 35.8 Å². The molecule has 1 aromatic carbocycles. The molecular weight excluding hydrogens is 394 g/mol. The molecule has 0 N–H and O–H groups in total. The summed E-state index contributed by atoms with van der Waals surface area (Å²) in [5.74, 6) is 0.459. The number of imide groups is 1. The molecule has 154 valence electrons. The fourth-order valence-electron chi connectivity index (χ4n) is 4.05. The summed E-state index contributed by atoms with van der Waals surface area (Å²) in [5, 5.41) is 0.612. The van der Waals surface area contributed by atoms with E-state index in [1.165, 1.54) is 4.90 Å². The maximum Gasteiger partial charge on any atom is 0.328 e. The molecule has 3 aliphatic rings. The summed E-state index contributed by atoms with van der Waals surface area (Å²) in [4.78, 5) is 38.0. The second kappa shape index (κ2) is 7.35. The number of fused-ring (bicyclic) bond motifs is 3. The van der Waals surface area contributed by atoms with Crippen molar-refractivity contribution in [1.82, 2.24) is 19.6 Å². The van der Waals surface area contributed by atoms with E-state index in [2.05, 4.69) is 0 Å². The van der Waals surface area contributed by atoms with Gasteiger partial charge < -0.3 is 14.5 Å². The van der Waals surface area contributed by atoms with Gasteiger partial charge in [-0.2, -0.15) is 0 Å². The molecule has 9 heteroatoms. The number of nitrogens with zero attached hydrogens (tertiary/aromatic N) is 5. The van der Waals surface area contributed by atoms with Gasteiger partial charge in [-0.1, -0.05) is 23.7 Å². The number of rotatable bonds is 5. The quantitative estimate of drug-likeness (QED) is 0.735. The highest BCUT2D eigenvalue weighted by Crippen LogP contribution is 2.37. The normalized spacial score (nSPS) is 23.8. The van der Waals surface area contributed by atoms with E-state index in [4.69, 9.17) is 21.3 Å². The first kappa shape index (κ1) is 19.7. The van der Waals surface area contributed by atoms with Crippen LogP contribution in [0, 0.1) is 0 Å². The van der Waals surface area contributed by atoms with E-state index in [1.54, 1.807) is 31.2 Å². The number of hydrogen-bond acceptors (Lipinski definition) is 6. The SMILES string of the molecule is COCCN1C2=NC3C(C(=O)N(Cc4ccc(Cl)cc4)C(=O)N3C)N2C(C)=C1C. The summed E-state index contributed by atoms with van der Waals surface area (Å²) in [6.07, 6.45) is -0.542. The number of amides is 3. The topological polar surface area (TPSA) is 68.7 Å². The molecule has 0 spiro atoms. The van der Waals surface area contributed by atoms with Crippen LogP contribution in [0.2, 0.25) is 5.02 Å². The predicted molar refractivity (Wildman–Crippen MR) is 109 cm³/mol. The molecular formula is C20H24ClN5O3. The number of carbonyl (C=O) groups excluding carboxylic acids is 2. The van der Waals surface area contributed by atoms with Gasteiger partial charge in [0, 0.05) is 37.1 Å². The molecule has 2 atom stereocenters. The first-order valence-corrected chi connectivity index (χ1v) is 9.86. The Balaban J connectivity index is 1.64. The van der Waals surface area contributed by atoms with Crippen molar-refractivity contribution in [3.63, 3.8) is 0 Å². The Kier molecular flexibility index (Phi) is 5.00. The Morgan fingerprint density at radius 2 is 1.79 bits per heavy atom. The molecule has 2 unspecified atom stereocenters. The summed E-state index contributed by atoms with van der Waals surface area (Å²) in [6, 6.07) is 6.24. The van der Waals surface area contributed by atoms with Crippen molar-refractivity contribution >= 4 is 29.5 Å². The van der Waals surface area contributed by atoms with Crippen LogP contribution < -0.4 is 0 Å². The van der Waals surface area contributed by atoms with Crippen LogP contribution >= 0.6 is 11.6 Å². The van der Waals surface area contributed by atoms with Gasteiger partial charge in [-0.05, 0) is 31.5 Å². The largest absolute Gasteiger partial charge is 0.383 e. The van der Waals surface area contributed by atoms with E-state index < -0.39 is 12.2 Å². The molecule has 3 amide bonds. The van der Waals surface area contributed by atoms with Gasteiger partial charge in [0.2, 0.25) is 5.96 Å². The Morgan fingerprint density at radius 3 is 2.45 bits per heavy atom. The van der Waals surface area contributed by atoms with Crippen LogP contribution in [0.25, 0.3) is 0 Å². The summed E-state index contributed by atoms with van der Waals surface area (Å²) in [5.41, 5.74) is 2.85. The van der Waals surface area contributed by atoms with Crippen molar-refractivity contribution in [2.24, 2.45) is 4.99 Å². The van der Waals surface area contributed by atoms with E-state index >= 15 is 0 Å². The van der Waals surface area contributed by atoms with Gasteiger partial charge >= 0.3 is 6.03 Å². The molecule has 1 aromatic rings. The van der Waals surface area contributed by atoms with Crippen molar-refractivity contribution in [3.05, 3.63) is 46.2 Å². The number of guanidine groups is 1. The summed E-state index contributed by atoms with van der Waals surface area (Å²) < 4.78 is 5.22. The lowest BCUT2D eigenvalue weighted by molar-refractivity contribution is -0.137. The average molecular weight is 418 g/mol. The van der Waals surface area contributed by atoms with Crippen LogP contribution in [0.15, 0.2) is 40.7 Å². The molecule has 1 fully saturated rings. The minimum Gasteiger partial charge on any atom is -0.383 e. The second-order valence-electron chi connectivity index (χ2n) is 7.42. The number of likely N-dealkylation sites (N-methyl/N-ethyl adjacent to an activating group) is 1. The lowest BCUT2D eigenvalue weighted by Crippen LogP contribution is -2.64. The number of urea groups is 1. The molecule has 8 nitrogen and oxygen atoms in total. The van der Waals surface area contributed by atoms with Crippen molar-refractivity contribution in [1.29, 1.82) is 0 Å². The monoisotopic (exact) mass is 417 g/mol. The van der Waals surface area contributed by atoms with E-state index in [9.17, 15) is 9.59 Å². The van der Waals surface area contributed by atoms with Crippen LogP contribution in [0.1, 0.15) is 19.4 Å². The Labute approximate surface area is 175 Å². The zero-order valence-corrected chi connectivity index (χ0v) is 17.7. The van der Waals surface area contributed by atoms with Crippen molar-refractivity contribution in [2.45, 2.75) is 32.6 Å². The number of carbonyl (C=O) groups is 2. The van der Waals surface area contributed by atoms with Gasteiger partial charge in [-0.25, -0.2) is 9.79 Å². The van der Waals surface area contributed by atoms with Gasteiger partial charge in [-0.3, -0.25) is 14.6 Å². The molecule has 0 aromatic heterocycles. The predicted octanol–water partition coefficient (Wildman–Crippen LogP) is 2.31. The third-order valence-electron chi connectivity index (χ3n) is 5.78. The van der Waals surface area contributed by atoms with Gasteiger partial charge in [-0.15, -0.1) is 0 Å². The summed E-state index contributed by atoms with van der Waals surface area (Å²) in [6.45, 7) is 5.36. The van der Waals surface area contributed by atoms with Crippen molar-refractivity contribution in [2.75, 3.05) is 27.3 Å². The number of ether oxygens (including phenoxy) is 1. The maximum absolute atomic E-state index is 13.4. The number of halogens is 1. The lowest BCUT2D eigenvalue weighted by Gasteiger charge is -2.40. The minimum atomic E-state index is -0.567. The first-order valence-electron chi connectivity index (χ1n) is 9.48. The molecule has 0 saturated carbocycles. The van der Waals surface area contributed by atoms with Gasteiger partial charge in [0.05, 0.1) is 13.2 Å². The van der Waals surface area contributed by atoms with Gasteiger partial charge in [0.15, 0.2) is 12.2 Å². The molecule has 3 aliphatic heterocycles. The molecule has 29 heavy (non-hydrogen) atoms. The highest BCUT2D eigenvalue weighted by molar-refractivity contribution is 6.30. The van der Waals surface area contributed by atoms with E-state index in [-0.39, 0.29) is 18.5 Å². The zero-order chi connectivity index (χ0) is 20.9. The maximum atomic E-state index is 13.4. The van der Waals surface area contributed by atoms with Crippen LogP contribution in [-0.4, -0.2) is 77.0 Å². The van der Waals surface area contributed by atoms with Crippen LogP contribution in [0.5, 0.6) is 0 Å². The molecule has 0 aliphatic carbocycles. The number of hydrogen-bond donors (Lipinski definition) is 0. The lowest BCUT2D eigenvalue weighted by atomic mass is 10.1. The third-order valence-corrected chi connectivity index (χ3v) is 6.03. The molecule has 0 bridgehead atoms. The van der Waals surface area contributed by atoms with Crippen LogP contribution in [0.3, 0.4) is 0 Å². The van der Waals surface area contributed by atoms with Crippen molar-refractivity contribution in [3.8, 4) is 0 Å². The molecule has 3 heterocycles. The molecule has 0 radical (unpaired) electrons. The number of aliphatic imine (C=N–C) groups is 1. The van der Waals surface area contributed by atoms with Gasteiger partial charge in [0.25, 0.3) is 5.91 Å². The number of allylic oxidation sites excluding steroid dienone is 2. The van der Waals surface area contributed by atoms with E-state index in [0.29, 0.717) is 24.1 Å². The van der Waals surface area contributed by atoms with Crippen LogP contribution in [-0.2, 0) is 16.1 Å². The Bertz CT molecular complexity index is 913. The third kappa shape index (κ3) is 3.07. The van der Waals surface area contributed by atoms with E-state index in [0.717, 1.165) is 17.0 Å². The summed E-state index contributed by atoms with van der Waals surface area (Å²) >= 11 is 5.95. The highest BCUT2D eigenvalue weighted by atomic mass is 35.5. The smallest absolute Gasteiger partial charge is 0.328 e. The van der Waals surface area contributed by atoms with Crippen LogP contribution in [0.4, 0.5) is 4.79 Å². The van der Waals surface area contributed by atoms with Crippen molar-refractivity contribution < 1.29 is 14.3 Å². The molecule has 1 saturated heterocycles. The number of benzene rings is 1. The fourth-order valence-corrected chi connectivity index (χ4v) is 4.17. The zero-order valence-electron chi connectivity index (χ0n) is 16.9. The average Bonchev–Trinajstić information content (AvgIpc) is 3.20. The Hall–Kier alpha value is -2.58. The minimum absolute atomic E-state index is 0.195. The number of methoxy groups -OCH3 is 1. The Morgan fingerprint density at radius 1 is 1.10 bits per heavy atom. The first-order chi connectivity index (χ1) is 13.8. The highest BCUT2D eigenvalue weighted by Gasteiger charge is 2.55.